The van der Waals surface area contributed by atoms with Crippen molar-refractivity contribution in [2.75, 3.05) is 63.4 Å². The lowest BCUT2D eigenvalue weighted by atomic mass is 10.1. The van der Waals surface area contributed by atoms with Gasteiger partial charge in [0.2, 0.25) is 0 Å². The van der Waals surface area contributed by atoms with Crippen LogP contribution >= 0.6 is 11.3 Å². The first kappa shape index (κ1) is 24.6. The Morgan fingerprint density at radius 1 is 1.00 bits per heavy atom. The summed E-state index contributed by atoms with van der Waals surface area (Å²) in [6.45, 7) is 5.90. The number of fused-ring (bicyclic) bond motifs is 1. The standard InChI is InChI=1S/C15H16N4S.C12H17N3/c1-16-14-7-12-6-10(4-5-11(12)8-17-14)13-9-18-15(20-13)19(2)3;1-4-10-5-6-13-12(7-10)15-8-11(9-15)14(2)3/h4-9H,1-3H3,(H,16,17);4-7,11H,1,8-9H2,2-3H3. The van der Waals surface area contributed by atoms with Crippen molar-refractivity contribution in [3.63, 3.8) is 0 Å². The van der Waals surface area contributed by atoms with E-state index in [4.69, 9.17) is 0 Å². The van der Waals surface area contributed by atoms with E-state index in [0.29, 0.717) is 6.04 Å². The Balaban J connectivity index is 0.000000172. The third-order valence-electron chi connectivity index (χ3n) is 6.06. The van der Waals surface area contributed by atoms with Gasteiger partial charge in [-0.15, -0.1) is 0 Å². The summed E-state index contributed by atoms with van der Waals surface area (Å²) in [5.74, 6) is 1.94. The molecule has 5 rings (SSSR count). The van der Waals surface area contributed by atoms with Crippen LogP contribution in [0.4, 0.5) is 16.8 Å². The first-order valence-corrected chi connectivity index (χ1v) is 12.4. The molecule has 182 valence electrons. The van der Waals surface area contributed by atoms with E-state index in [1.165, 1.54) is 15.8 Å². The molecule has 1 N–H and O–H groups in total. The van der Waals surface area contributed by atoms with Gasteiger partial charge in [0.25, 0.3) is 0 Å². The monoisotopic (exact) mass is 487 g/mol. The molecule has 1 saturated heterocycles. The van der Waals surface area contributed by atoms with Crippen molar-refractivity contribution in [2.45, 2.75) is 6.04 Å². The van der Waals surface area contributed by atoms with Gasteiger partial charge in [0, 0.05) is 64.3 Å². The minimum Gasteiger partial charge on any atom is -0.373 e. The fourth-order valence-electron chi connectivity index (χ4n) is 3.74. The molecule has 0 spiro atoms. The van der Waals surface area contributed by atoms with E-state index >= 15 is 0 Å². The van der Waals surface area contributed by atoms with Gasteiger partial charge in [0.1, 0.15) is 11.6 Å². The van der Waals surface area contributed by atoms with Crippen LogP contribution in [0.5, 0.6) is 0 Å². The summed E-state index contributed by atoms with van der Waals surface area (Å²) in [5, 5.41) is 6.41. The van der Waals surface area contributed by atoms with Crippen LogP contribution in [0.15, 0.2) is 61.6 Å². The lowest BCUT2D eigenvalue weighted by Crippen LogP contribution is -2.57. The molecular weight excluding hydrogens is 454 g/mol. The lowest BCUT2D eigenvalue weighted by Gasteiger charge is -2.43. The Kier molecular flexibility index (Phi) is 7.63. The normalized spacial score (nSPS) is 13.3. The van der Waals surface area contributed by atoms with Crippen molar-refractivity contribution < 1.29 is 0 Å². The molecule has 0 radical (unpaired) electrons. The fourth-order valence-corrected chi connectivity index (χ4v) is 4.57. The summed E-state index contributed by atoms with van der Waals surface area (Å²) in [6, 6.07) is 13.2. The zero-order valence-electron chi connectivity index (χ0n) is 21.1. The number of nitrogens with zero attached hydrogens (tertiary/aromatic N) is 6. The Labute approximate surface area is 211 Å². The molecule has 0 unspecified atom stereocenters. The van der Waals surface area contributed by atoms with Crippen molar-refractivity contribution in [1.82, 2.24) is 19.9 Å². The van der Waals surface area contributed by atoms with Crippen LogP contribution in [-0.4, -0.2) is 74.2 Å². The SMILES string of the molecule is C=Cc1ccnc(N2CC(N(C)C)C2)c1.CNc1cc2cc(-c3cnc(N(C)C)s3)ccc2cn1. The van der Waals surface area contributed by atoms with Crippen molar-refractivity contribution in [3.05, 3.63) is 67.1 Å². The molecular formula is C27H33N7S. The van der Waals surface area contributed by atoms with Crippen LogP contribution in [0.2, 0.25) is 0 Å². The Morgan fingerprint density at radius 3 is 2.46 bits per heavy atom. The van der Waals surface area contributed by atoms with Crippen LogP contribution < -0.4 is 15.1 Å². The second-order valence-electron chi connectivity index (χ2n) is 8.96. The van der Waals surface area contributed by atoms with Gasteiger partial charge in [-0.25, -0.2) is 15.0 Å². The summed E-state index contributed by atoms with van der Waals surface area (Å²) < 4.78 is 0. The molecule has 1 aromatic carbocycles. The Bertz CT molecular complexity index is 1290. The van der Waals surface area contributed by atoms with Gasteiger partial charge >= 0.3 is 0 Å². The van der Waals surface area contributed by atoms with Crippen LogP contribution in [0.25, 0.3) is 27.3 Å². The predicted octanol–water partition coefficient (Wildman–Crippen LogP) is 4.94. The number of anilines is 3. The maximum Gasteiger partial charge on any atom is 0.185 e. The van der Waals surface area contributed by atoms with Crippen LogP contribution in [-0.2, 0) is 0 Å². The van der Waals surface area contributed by atoms with Gasteiger partial charge in [0.15, 0.2) is 5.13 Å². The lowest BCUT2D eigenvalue weighted by molar-refractivity contribution is 0.246. The van der Waals surface area contributed by atoms with Gasteiger partial charge in [-0.05, 0) is 54.9 Å². The highest BCUT2D eigenvalue weighted by Gasteiger charge is 2.28. The van der Waals surface area contributed by atoms with Crippen LogP contribution in [0.1, 0.15) is 5.56 Å². The number of benzene rings is 1. The number of aromatic nitrogens is 3. The highest BCUT2D eigenvalue weighted by Crippen LogP contribution is 2.32. The fraction of sp³-hybridized carbons (Fsp3) is 0.296. The van der Waals surface area contributed by atoms with Gasteiger partial charge in [-0.2, -0.15) is 0 Å². The van der Waals surface area contributed by atoms with Crippen LogP contribution in [0.3, 0.4) is 0 Å². The molecule has 0 aliphatic carbocycles. The second kappa shape index (κ2) is 10.8. The minimum absolute atomic E-state index is 0.666. The maximum absolute atomic E-state index is 4.43. The number of pyridine rings is 2. The molecule has 1 aliphatic rings. The van der Waals surface area contributed by atoms with Gasteiger partial charge in [-0.1, -0.05) is 36.1 Å². The van der Waals surface area contributed by atoms with Gasteiger partial charge in [-0.3, -0.25) is 0 Å². The van der Waals surface area contributed by atoms with E-state index in [9.17, 15) is 0 Å². The zero-order valence-corrected chi connectivity index (χ0v) is 21.9. The summed E-state index contributed by atoms with van der Waals surface area (Å²) in [4.78, 5) is 20.9. The first-order valence-electron chi connectivity index (χ1n) is 11.6. The number of nitrogens with one attached hydrogen (secondary N) is 1. The van der Waals surface area contributed by atoms with E-state index in [0.717, 1.165) is 40.8 Å². The van der Waals surface area contributed by atoms with E-state index in [1.54, 1.807) is 11.3 Å². The molecule has 35 heavy (non-hydrogen) atoms. The third-order valence-corrected chi connectivity index (χ3v) is 7.27. The van der Waals surface area contributed by atoms with Crippen molar-refractivity contribution >= 4 is 45.0 Å². The molecule has 1 aliphatic heterocycles. The minimum atomic E-state index is 0.666. The zero-order chi connectivity index (χ0) is 24.9. The summed E-state index contributed by atoms with van der Waals surface area (Å²) in [6.07, 6.45) is 7.52. The van der Waals surface area contributed by atoms with Crippen molar-refractivity contribution in [1.29, 1.82) is 0 Å². The van der Waals surface area contributed by atoms with E-state index in [1.807, 2.05) is 56.8 Å². The predicted molar refractivity (Wildman–Crippen MR) is 151 cm³/mol. The van der Waals surface area contributed by atoms with Gasteiger partial charge < -0.3 is 20.0 Å². The molecule has 8 heteroatoms. The average Bonchev–Trinajstić information content (AvgIpc) is 3.33. The van der Waals surface area contributed by atoms with E-state index in [2.05, 4.69) is 81.1 Å². The highest BCUT2D eigenvalue weighted by atomic mass is 32.1. The molecule has 3 aromatic heterocycles. The van der Waals surface area contributed by atoms with E-state index in [-0.39, 0.29) is 0 Å². The number of thiazole rings is 1. The molecule has 4 aromatic rings. The first-order chi connectivity index (χ1) is 16.9. The van der Waals surface area contributed by atoms with Gasteiger partial charge in [0.05, 0.1) is 4.88 Å². The third kappa shape index (κ3) is 5.78. The number of hydrogen-bond acceptors (Lipinski definition) is 8. The summed E-state index contributed by atoms with van der Waals surface area (Å²) in [5.41, 5.74) is 2.32. The smallest absolute Gasteiger partial charge is 0.185 e. The summed E-state index contributed by atoms with van der Waals surface area (Å²) in [7, 11) is 10.1. The molecule has 0 amide bonds. The molecule has 4 heterocycles. The molecule has 7 nitrogen and oxygen atoms in total. The largest absolute Gasteiger partial charge is 0.373 e. The highest BCUT2D eigenvalue weighted by molar-refractivity contribution is 7.18. The molecule has 0 saturated carbocycles. The van der Waals surface area contributed by atoms with Crippen LogP contribution in [0, 0.1) is 0 Å². The number of rotatable bonds is 6. The molecule has 0 bridgehead atoms. The molecule has 1 fully saturated rings. The Hall–Kier alpha value is -3.49. The van der Waals surface area contributed by atoms with Crippen molar-refractivity contribution in [3.8, 4) is 10.4 Å². The second-order valence-corrected chi connectivity index (χ2v) is 9.97. The van der Waals surface area contributed by atoms with E-state index < -0.39 is 0 Å². The number of likely N-dealkylation sites (N-methyl/N-ethyl adjacent to an activating group) is 1. The Morgan fingerprint density at radius 2 is 1.80 bits per heavy atom. The maximum atomic E-state index is 4.43. The topological polar surface area (TPSA) is 60.4 Å². The summed E-state index contributed by atoms with van der Waals surface area (Å²) >= 11 is 1.70. The number of hydrogen-bond donors (Lipinski definition) is 1. The average molecular weight is 488 g/mol. The quantitative estimate of drug-likeness (QED) is 0.413. The molecule has 0 atom stereocenters. The van der Waals surface area contributed by atoms with Crippen molar-refractivity contribution in [2.24, 2.45) is 0 Å².